The number of fused-ring (bicyclic) bond motifs is 1. The van der Waals surface area contributed by atoms with E-state index in [1.54, 1.807) is 11.0 Å². The lowest BCUT2D eigenvalue weighted by Gasteiger charge is -2.13. The van der Waals surface area contributed by atoms with Crippen LogP contribution in [0, 0.1) is 13.8 Å². The number of aryl methyl sites for hydroxylation is 2. The van der Waals surface area contributed by atoms with E-state index in [-0.39, 0.29) is 11.9 Å². The maximum Gasteiger partial charge on any atom is 0.253 e. The zero-order valence-electron chi connectivity index (χ0n) is 13.4. The molecule has 23 heavy (non-hydrogen) atoms. The second kappa shape index (κ2) is 6.16. The largest absolute Gasteiger partial charge is 0.350 e. The summed E-state index contributed by atoms with van der Waals surface area (Å²) in [5.74, 6) is -0.120. The van der Waals surface area contributed by atoms with Gasteiger partial charge in [0.15, 0.2) is 0 Å². The third kappa shape index (κ3) is 3.21. The van der Waals surface area contributed by atoms with Crippen LogP contribution in [0.1, 0.15) is 34.6 Å². The summed E-state index contributed by atoms with van der Waals surface area (Å²) in [5, 5.41) is 7.99. The average molecular weight is 309 g/mol. The Kier molecular flexibility index (Phi) is 4.06. The van der Waals surface area contributed by atoms with Crippen molar-refractivity contribution in [3.8, 4) is 0 Å². The standard InChI is InChI=1S/C17H19N5O/c1-11-4-5-16-14(6-11)7-15(13(3)21-16)17(23)19-8-12(2)22-10-18-9-20-22/h4-7,9-10,12H,8H2,1-3H3,(H,19,23)/t12-/m0/s1. The summed E-state index contributed by atoms with van der Waals surface area (Å²) in [6.07, 6.45) is 3.13. The molecule has 0 spiro atoms. The Bertz CT molecular complexity index is 842. The fraction of sp³-hybridized carbons (Fsp3) is 0.294. The van der Waals surface area contributed by atoms with E-state index in [1.165, 1.54) is 6.33 Å². The lowest BCUT2D eigenvalue weighted by atomic mass is 10.1. The van der Waals surface area contributed by atoms with Crippen LogP contribution < -0.4 is 5.32 Å². The zero-order valence-corrected chi connectivity index (χ0v) is 13.4. The third-order valence-electron chi connectivity index (χ3n) is 3.85. The minimum atomic E-state index is -0.120. The van der Waals surface area contributed by atoms with Crippen molar-refractivity contribution < 1.29 is 4.79 Å². The molecule has 0 saturated carbocycles. The van der Waals surface area contributed by atoms with Gasteiger partial charge in [-0.2, -0.15) is 5.10 Å². The van der Waals surface area contributed by atoms with Gasteiger partial charge in [-0.3, -0.25) is 9.78 Å². The molecule has 0 fully saturated rings. The molecule has 3 aromatic rings. The van der Waals surface area contributed by atoms with Gasteiger partial charge in [-0.05, 0) is 39.0 Å². The smallest absolute Gasteiger partial charge is 0.253 e. The van der Waals surface area contributed by atoms with Gasteiger partial charge in [0, 0.05) is 11.9 Å². The molecule has 2 aromatic heterocycles. The van der Waals surface area contributed by atoms with Crippen molar-refractivity contribution in [1.29, 1.82) is 0 Å². The molecule has 0 unspecified atom stereocenters. The number of carbonyl (C=O) groups is 1. The zero-order chi connectivity index (χ0) is 16.4. The first kappa shape index (κ1) is 15.1. The highest BCUT2D eigenvalue weighted by atomic mass is 16.1. The second-order valence-corrected chi connectivity index (χ2v) is 5.75. The number of amides is 1. The summed E-state index contributed by atoms with van der Waals surface area (Å²) in [5.41, 5.74) is 3.39. The number of hydrogen-bond acceptors (Lipinski definition) is 4. The highest BCUT2D eigenvalue weighted by Gasteiger charge is 2.13. The summed E-state index contributed by atoms with van der Waals surface area (Å²) in [6.45, 7) is 6.34. The van der Waals surface area contributed by atoms with Crippen molar-refractivity contribution in [2.24, 2.45) is 0 Å². The molecule has 1 atom stereocenters. The fourth-order valence-corrected chi connectivity index (χ4v) is 2.50. The molecule has 0 saturated heterocycles. The predicted molar refractivity (Wildman–Crippen MR) is 88.3 cm³/mol. The van der Waals surface area contributed by atoms with Gasteiger partial charge in [-0.15, -0.1) is 0 Å². The highest BCUT2D eigenvalue weighted by molar-refractivity contribution is 5.98. The number of nitrogens with zero attached hydrogens (tertiary/aromatic N) is 4. The Morgan fingerprint density at radius 2 is 2.13 bits per heavy atom. The first-order chi connectivity index (χ1) is 11.0. The van der Waals surface area contributed by atoms with Crippen molar-refractivity contribution in [2.45, 2.75) is 26.8 Å². The minimum absolute atomic E-state index is 0.0393. The average Bonchev–Trinajstić information content (AvgIpc) is 3.06. The Labute approximate surface area is 134 Å². The van der Waals surface area contributed by atoms with Crippen molar-refractivity contribution in [2.75, 3.05) is 6.54 Å². The predicted octanol–water partition coefficient (Wildman–Crippen LogP) is 2.43. The maximum absolute atomic E-state index is 12.5. The van der Waals surface area contributed by atoms with Crippen LogP contribution in [0.3, 0.4) is 0 Å². The first-order valence-electron chi connectivity index (χ1n) is 7.55. The lowest BCUT2D eigenvalue weighted by molar-refractivity contribution is 0.0947. The molecule has 6 heteroatoms. The number of pyridine rings is 1. The van der Waals surface area contributed by atoms with Crippen LogP contribution in [0.25, 0.3) is 10.9 Å². The monoisotopic (exact) mass is 309 g/mol. The lowest BCUT2D eigenvalue weighted by Crippen LogP contribution is -2.30. The first-order valence-corrected chi connectivity index (χ1v) is 7.55. The topological polar surface area (TPSA) is 72.7 Å². The van der Waals surface area contributed by atoms with E-state index in [4.69, 9.17) is 0 Å². The van der Waals surface area contributed by atoms with E-state index in [1.807, 2.05) is 45.0 Å². The van der Waals surface area contributed by atoms with Gasteiger partial charge in [0.2, 0.25) is 0 Å². The molecule has 0 aliphatic carbocycles. The molecule has 1 amide bonds. The van der Waals surface area contributed by atoms with Crippen LogP contribution in [0.4, 0.5) is 0 Å². The summed E-state index contributed by atoms with van der Waals surface area (Å²) in [7, 11) is 0. The van der Waals surface area contributed by atoms with Crippen LogP contribution in [0.5, 0.6) is 0 Å². The number of rotatable bonds is 4. The van der Waals surface area contributed by atoms with Crippen molar-refractivity contribution in [1.82, 2.24) is 25.1 Å². The summed E-state index contributed by atoms with van der Waals surface area (Å²) in [6, 6.07) is 7.98. The minimum Gasteiger partial charge on any atom is -0.350 e. The van der Waals surface area contributed by atoms with Gasteiger partial charge in [-0.1, -0.05) is 11.6 Å². The molecule has 2 heterocycles. The van der Waals surface area contributed by atoms with Crippen LogP contribution >= 0.6 is 0 Å². The van der Waals surface area contributed by atoms with Gasteiger partial charge in [0.05, 0.1) is 22.8 Å². The van der Waals surface area contributed by atoms with E-state index in [2.05, 4.69) is 20.4 Å². The van der Waals surface area contributed by atoms with Gasteiger partial charge >= 0.3 is 0 Å². The Balaban J connectivity index is 1.79. The Morgan fingerprint density at radius 1 is 1.30 bits per heavy atom. The van der Waals surface area contributed by atoms with Crippen LogP contribution in [0.15, 0.2) is 36.9 Å². The van der Waals surface area contributed by atoms with Crippen LogP contribution in [-0.2, 0) is 0 Å². The maximum atomic E-state index is 12.5. The summed E-state index contributed by atoms with van der Waals surface area (Å²) in [4.78, 5) is 20.9. The molecule has 0 aliphatic heterocycles. The van der Waals surface area contributed by atoms with E-state index in [0.717, 1.165) is 22.2 Å². The van der Waals surface area contributed by atoms with Gasteiger partial charge in [0.25, 0.3) is 5.91 Å². The Hall–Kier alpha value is -2.76. The number of aromatic nitrogens is 4. The molecule has 3 rings (SSSR count). The molecule has 0 aliphatic rings. The van der Waals surface area contributed by atoms with Crippen molar-refractivity contribution in [3.05, 3.63) is 53.7 Å². The quantitative estimate of drug-likeness (QED) is 0.803. The van der Waals surface area contributed by atoms with E-state index >= 15 is 0 Å². The number of nitrogens with one attached hydrogen (secondary N) is 1. The molecule has 0 radical (unpaired) electrons. The van der Waals surface area contributed by atoms with Gasteiger partial charge in [0.1, 0.15) is 12.7 Å². The normalized spacial score (nSPS) is 12.3. The number of benzene rings is 1. The van der Waals surface area contributed by atoms with Crippen LogP contribution in [-0.4, -0.2) is 32.2 Å². The van der Waals surface area contributed by atoms with Crippen molar-refractivity contribution >= 4 is 16.8 Å². The molecule has 0 bridgehead atoms. The van der Waals surface area contributed by atoms with Gasteiger partial charge in [-0.25, -0.2) is 9.67 Å². The molecule has 1 N–H and O–H groups in total. The van der Waals surface area contributed by atoms with Gasteiger partial charge < -0.3 is 5.32 Å². The Morgan fingerprint density at radius 3 is 2.87 bits per heavy atom. The molecule has 118 valence electrons. The summed E-state index contributed by atoms with van der Waals surface area (Å²) < 4.78 is 1.72. The SMILES string of the molecule is Cc1ccc2nc(C)c(C(=O)NC[C@H](C)n3cncn3)cc2c1. The third-order valence-corrected chi connectivity index (χ3v) is 3.85. The molecule has 6 nitrogen and oxygen atoms in total. The molecule has 1 aromatic carbocycles. The highest BCUT2D eigenvalue weighted by Crippen LogP contribution is 2.18. The van der Waals surface area contributed by atoms with Crippen molar-refractivity contribution in [3.63, 3.8) is 0 Å². The fourth-order valence-electron chi connectivity index (χ4n) is 2.50. The number of hydrogen-bond donors (Lipinski definition) is 1. The van der Waals surface area contributed by atoms with E-state index in [9.17, 15) is 4.79 Å². The van der Waals surface area contributed by atoms with Crippen LogP contribution in [0.2, 0.25) is 0 Å². The second-order valence-electron chi connectivity index (χ2n) is 5.75. The molecular weight excluding hydrogens is 290 g/mol. The molecular formula is C17H19N5O. The summed E-state index contributed by atoms with van der Waals surface area (Å²) >= 11 is 0. The number of carbonyl (C=O) groups excluding carboxylic acids is 1. The van der Waals surface area contributed by atoms with E-state index in [0.29, 0.717) is 12.1 Å². The van der Waals surface area contributed by atoms with E-state index < -0.39 is 0 Å².